The molecule has 3 aromatic rings. The van der Waals surface area contributed by atoms with Crippen LogP contribution in [0.4, 0.5) is 10.1 Å². The number of hydrogen-bond donors (Lipinski definition) is 0. The molecule has 0 bridgehead atoms. The molecular formula is C21H13FN2O2. The van der Waals surface area contributed by atoms with E-state index in [2.05, 4.69) is 11.1 Å². The molecular weight excluding hydrogens is 331 g/mol. The summed E-state index contributed by atoms with van der Waals surface area (Å²) in [6, 6.07) is 21.0. The van der Waals surface area contributed by atoms with Gasteiger partial charge in [-0.25, -0.2) is 9.18 Å². The molecule has 0 fully saturated rings. The fourth-order valence-electron chi connectivity index (χ4n) is 2.14. The van der Waals surface area contributed by atoms with Crippen LogP contribution in [0.15, 0.2) is 77.8 Å². The quantitative estimate of drug-likeness (QED) is 0.393. The molecule has 0 aliphatic rings. The molecule has 0 saturated carbocycles. The van der Waals surface area contributed by atoms with Gasteiger partial charge in [0.05, 0.1) is 22.9 Å². The van der Waals surface area contributed by atoms with Gasteiger partial charge in [-0.2, -0.15) is 5.26 Å². The maximum absolute atomic E-state index is 12.9. The Hall–Kier alpha value is -3.78. The summed E-state index contributed by atoms with van der Waals surface area (Å²) >= 11 is 0. The van der Waals surface area contributed by atoms with Crippen molar-refractivity contribution in [3.05, 3.63) is 95.3 Å². The van der Waals surface area contributed by atoms with Crippen LogP contribution in [0.25, 0.3) is 0 Å². The molecule has 0 spiro atoms. The van der Waals surface area contributed by atoms with E-state index in [1.54, 1.807) is 54.7 Å². The highest BCUT2D eigenvalue weighted by molar-refractivity contribution is 5.91. The molecule has 0 radical (unpaired) electrons. The first-order valence-corrected chi connectivity index (χ1v) is 7.76. The minimum Gasteiger partial charge on any atom is -0.423 e. The van der Waals surface area contributed by atoms with E-state index in [1.165, 1.54) is 24.3 Å². The van der Waals surface area contributed by atoms with Gasteiger partial charge in [-0.3, -0.25) is 4.99 Å². The summed E-state index contributed by atoms with van der Waals surface area (Å²) in [6.45, 7) is 0. The van der Waals surface area contributed by atoms with E-state index in [-0.39, 0.29) is 5.56 Å². The Balaban J connectivity index is 1.64. The average molecular weight is 344 g/mol. The van der Waals surface area contributed by atoms with Gasteiger partial charge < -0.3 is 4.74 Å². The maximum Gasteiger partial charge on any atom is 0.343 e. The van der Waals surface area contributed by atoms with Crippen LogP contribution >= 0.6 is 0 Å². The third-order valence-corrected chi connectivity index (χ3v) is 3.53. The van der Waals surface area contributed by atoms with Crippen LogP contribution in [0, 0.1) is 17.1 Å². The van der Waals surface area contributed by atoms with Crippen LogP contribution in [0.3, 0.4) is 0 Å². The second-order valence-electron chi connectivity index (χ2n) is 5.38. The third-order valence-electron chi connectivity index (χ3n) is 3.53. The van der Waals surface area contributed by atoms with Crippen LogP contribution in [0.1, 0.15) is 21.5 Å². The number of ether oxygens (including phenoxy) is 1. The van der Waals surface area contributed by atoms with Crippen LogP contribution < -0.4 is 4.74 Å². The van der Waals surface area contributed by atoms with Crippen molar-refractivity contribution < 1.29 is 13.9 Å². The van der Waals surface area contributed by atoms with E-state index in [4.69, 9.17) is 10.00 Å². The zero-order valence-corrected chi connectivity index (χ0v) is 13.6. The van der Waals surface area contributed by atoms with Gasteiger partial charge in [0.15, 0.2) is 0 Å². The highest BCUT2D eigenvalue weighted by atomic mass is 19.1. The van der Waals surface area contributed by atoms with E-state index in [1.807, 2.05) is 0 Å². The smallest absolute Gasteiger partial charge is 0.343 e. The summed E-state index contributed by atoms with van der Waals surface area (Å²) in [4.78, 5) is 16.3. The summed E-state index contributed by atoms with van der Waals surface area (Å²) in [7, 11) is 0. The zero-order chi connectivity index (χ0) is 18.4. The Labute approximate surface area is 149 Å². The molecule has 0 N–H and O–H groups in total. The Bertz CT molecular complexity index is 971. The first kappa shape index (κ1) is 17.1. The zero-order valence-electron chi connectivity index (χ0n) is 13.6. The van der Waals surface area contributed by atoms with Gasteiger partial charge in [-0.15, -0.1) is 0 Å². The van der Waals surface area contributed by atoms with Crippen molar-refractivity contribution in [1.29, 1.82) is 5.26 Å². The summed E-state index contributed by atoms with van der Waals surface area (Å²) in [5, 5.41) is 8.77. The van der Waals surface area contributed by atoms with E-state index in [9.17, 15) is 9.18 Å². The van der Waals surface area contributed by atoms with Crippen molar-refractivity contribution >= 4 is 17.9 Å². The van der Waals surface area contributed by atoms with Crippen molar-refractivity contribution in [2.75, 3.05) is 0 Å². The third kappa shape index (κ3) is 4.40. The number of nitriles is 1. The number of rotatable bonds is 4. The Morgan fingerprint density at radius 2 is 1.62 bits per heavy atom. The highest BCUT2D eigenvalue weighted by Crippen LogP contribution is 2.19. The number of carbonyl (C=O) groups is 1. The minimum atomic E-state index is -0.557. The Kier molecular flexibility index (Phi) is 5.16. The van der Waals surface area contributed by atoms with Crippen molar-refractivity contribution in [3.63, 3.8) is 0 Å². The molecule has 0 amide bonds. The van der Waals surface area contributed by atoms with Crippen molar-refractivity contribution in [1.82, 2.24) is 0 Å². The van der Waals surface area contributed by atoms with Gasteiger partial charge in [-0.05, 0) is 66.2 Å². The Morgan fingerprint density at radius 3 is 2.23 bits per heavy atom. The molecule has 0 saturated heterocycles. The normalized spacial score (nSPS) is 10.5. The van der Waals surface area contributed by atoms with Gasteiger partial charge in [0.25, 0.3) is 0 Å². The van der Waals surface area contributed by atoms with Crippen molar-refractivity contribution in [2.45, 2.75) is 0 Å². The number of nitrogens with zero attached hydrogens (tertiary/aromatic N) is 2. The lowest BCUT2D eigenvalue weighted by molar-refractivity contribution is 0.0734. The molecule has 0 unspecified atom stereocenters. The summed E-state index contributed by atoms with van der Waals surface area (Å²) in [6.07, 6.45) is 1.68. The molecule has 5 heteroatoms. The van der Waals surface area contributed by atoms with Crippen LogP contribution in [-0.2, 0) is 0 Å². The number of aliphatic imine (C=N–C) groups is 1. The monoisotopic (exact) mass is 344 g/mol. The molecule has 3 rings (SSSR count). The summed E-state index contributed by atoms with van der Waals surface area (Å²) in [5.74, 6) is -0.596. The number of carbonyl (C=O) groups excluding carboxylic acids is 1. The Morgan fingerprint density at radius 1 is 0.962 bits per heavy atom. The second kappa shape index (κ2) is 7.86. The fourth-order valence-corrected chi connectivity index (χ4v) is 2.14. The molecule has 26 heavy (non-hydrogen) atoms. The van der Waals surface area contributed by atoms with Crippen LogP contribution in [0.2, 0.25) is 0 Å². The largest absolute Gasteiger partial charge is 0.423 e. The molecule has 0 aliphatic carbocycles. The number of esters is 1. The van der Waals surface area contributed by atoms with Crippen LogP contribution in [-0.4, -0.2) is 12.2 Å². The molecule has 0 heterocycles. The number of benzene rings is 3. The van der Waals surface area contributed by atoms with Gasteiger partial charge in [0.2, 0.25) is 0 Å². The molecule has 0 atom stereocenters. The molecule has 126 valence electrons. The van der Waals surface area contributed by atoms with Crippen molar-refractivity contribution in [2.24, 2.45) is 4.99 Å². The molecule has 0 aromatic heterocycles. The van der Waals surface area contributed by atoms with E-state index in [0.29, 0.717) is 17.0 Å². The average Bonchev–Trinajstić information content (AvgIpc) is 2.68. The summed E-state index contributed by atoms with van der Waals surface area (Å²) < 4.78 is 18.1. The second-order valence-corrected chi connectivity index (χ2v) is 5.38. The first-order chi connectivity index (χ1) is 12.6. The predicted octanol–water partition coefficient (Wildman–Crippen LogP) is 4.67. The van der Waals surface area contributed by atoms with Crippen LogP contribution in [0.5, 0.6) is 5.75 Å². The number of hydrogen-bond acceptors (Lipinski definition) is 4. The van der Waals surface area contributed by atoms with Gasteiger partial charge >= 0.3 is 5.97 Å². The minimum absolute atomic E-state index is 0.273. The highest BCUT2D eigenvalue weighted by Gasteiger charge is 2.08. The lowest BCUT2D eigenvalue weighted by Crippen LogP contribution is -2.08. The first-order valence-electron chi connectivity index (χ1n) is 7.76. The predicted molar refractivity (Wildman–Crippen MR) is 96.2 cm³/mol. The standard InChI is InChI=1S/C21H13FN2O2/c22-18-7-5-17(6-8-18)21(25)26-20-11-9-19(10-12-20)24-14-16-3-1-15(13-23)2-4-16/h1-12,14H. The van der Waals surface area contributed by atoms with Gasteiger partial charge in [0.1, 0.15) is 11.6 Å². The molecule has 4 nitrogen and oxygen atoms in total. The topological polar surface area (TPSA) is 62.4 Å². The van der Waals surface area contributed by atoms with Gasteiger partial charge in [-0.1, -0.05) is 12.1 Å². The molecule has 3 aromatic carbocycles. The maximum atomic E-state index is 12.9. The van der Waals surface area contributed by atoms with E-state index < -0.39 is 11.8 Å². The van der Waals surface area contributed by atoms with Crippen molar-refractivity contribution in [3.8, 4) is 11.8 Å². The lowest BCUT2D eigenvalue weighted by atomic mass is 10.2. The SMILES string of the molecule is N#Cc1ccc(C=Nc2ccc(OC(=O)c3ccc(F)cc3)cc2)cc1. The van der Waals surface area contributed by atoms with E-state index in [0.717, 1.165) is 5.56 Å². The van der Waals surface area contributed by atoms with E-state index >= 15 is 0 Å². The lowest BCUT2D eigenvalue weighted by Gasteiger charge is -2.04. The van der Waals surface area contributed by atoms with Gasteiger partial charge in [0, 0.05) is 6.21 Å². The fraction of sp³-hybridized carbons (Fsp3) is 0. The molecule has 0 aliphatic heterocycles. The summed E-state index contributed by atoms with van der Waals surface area (Å²) in [5.41, 5.74) is 2.43. The number of halogens is 1.